The lowest BCUT2D eigenvalue weighted by Crippen LogP contribution is -2.32. The fraction of sp³-hybridized carbons (Fsp3) is 0.222. The van der Waals surface area contributed by atoms with Gasteiger partial charge in [-0.05, 0) is 17.7 Å². The Hall–Kier alpha value is -3.02. The Kier molecular flexibility index (Phi) is 4.37. The van der Waals surface area contributed by atoms with Gasteiger partial charge in [0, 0.05) is 25.2 Å². The topological polar surface area (TPSA) is 73.5 Å². The molecule has 6 nitrogen and oxygen atoms in total. The Morgan fingerprint density at radius 2 is 2.00 bits per heavy atom. The molecule has 3 rings (SSSR count). The van der Waals surface area contributed by atoms with Gasteiger partial charge in [-0.15, -0.1) is 0 Å². The fourth-order valence-corrected chi connectivity index (χ4v) is 2.61. The molecule has 0 amide bonds. The Morgan fingerprint density at radius 3 is 2.71 bits per heavy atom. The van der Waals surface area contributed by atoms with E-state index in [-0.39, 0.29) is 5.97 Å². The third kappa shape index (κ3) is 3.17. The number of esters is 1. The van der Waals surface area contributed by atoms with Crippen molar-refractivity contribution in [3.8, 4) is 0 Å². The second kappa shape index (κ2) is 6.62. The molecule has 0 aliphatic carbocycles. The van der Waals surface area contributed by atoms with Crippen LogP contribution in [0, 0.1) is 0 Å². The van der Waals surface area contributed by atoms with Crippen molar-refractivity contribution < 1.29 is 13.9 Å². The first-order valence-corrected chi connectivity index (χ1v) is 7.56. The molecule has 24 heavy (non-hydrogen) atoms. The van der Waals surface area contributed by atoms with E-state index in [0.29, 0.717) is 23.2 Å². The second-order valence-electron chi connectivity index (χ2n) is 5.52. The van der Waals surface area contributed by atoms with Crippen LogP contribution in [0.4, 0.5) is 5.69 Å². The molecule has 0 radical (unpaired) electrons. The average molecular weight is 326 g/mol. The SMILES string of the molecule is COC(=O)[C@H](Cc1ccccc1)Nc1ccc2c(c1)oc(=O)n2C. The molecule has 0 saturated heterocycles. The number of benzene rings is 2. The van der Waals surface area contributed by atoms with Crippen molar-refractivity contribution in [3.63, 3.8) is 0 Å². The first-order chi connectivity index (χ1) is 11.6. The first-order valence-electron chi connectivity index (χ1n) is 7.56. The Morgan fingerprint density at radius 1 is 1.25 bits per heavy atom. The van der Waals surface area contributed by atoms with Gasteiger partial charge >= 0.3 is 11.7 Å². The number of carbonyl (C=O) groups is 1. The van der Waals surface area contributed by atoms with Gasteiger partial charge in [0.1, 0.15) is 6.04 Å². The number of hydrogen-bond acceptors (Lipinski definition) is 5. The molecular weight excluding hydrogens is 308 g/mol. The Bertz CT molecular complexity index is 912. The maximum atomic E-state index is 12.1. The highest BCUT2D eigenvalue weighted by Crippen LogP contribution is 2.19. The van der Waals surface area contributed by atoms with Crippen molar-refractivity contribution in [3.05, 3.63) is 64.6 Å². The summed E-state index contributed by atoms with van der Waals surface area (Å²) in [4.78, 5) is 23.6. The molecule has 1 heterocycles. The van der Waals surface area contributed by atoms with E-state index < -0.39 is 11.8 Å². The number of oxazole rings is 1. The number of aromatic nitrogens is 1. The Balaban J connectivity index is 1.86. The number of methoxy groups -OCH3 is 1. The van der Waals surface area contributed by atoms with Gasteiger partial charge in [-0.25, -0.2) is 9.59 Å². The van der Waals surface area contributed by atoms with Crippen molar-refractivity contribution in [1.29, 1.82) is 0 Å². The third-order valence-corrected chi connectivity index (χ3v) is 3.90. The van der Waals surface area contributed by atoms with E-state index in [0.717, 1.165) is 5.56 Å². The number of ether oxygens (including phenoxy) is 1. The van der Waals surface area contributed by atoms with E-state index in [1.54, 1.807) is 25.2 Å². The van der Waals surface area contributed by atoms with Gasteiger partial charge in [-0.1, -0.05) is 30.3 Å². The van der Waals surface area contributed by atoms with Crippen LogP contribution in [0.15, 0.2) is 57.7 Å². The number of nitrogens with one attached hydrogen (secondary N) is 1. The molecule has 0 spiro atoms. The number of aryl methyl sites for hydroxylation is 1. The van der Waals surface area contributed by atoms with Gasteiger partial charge in [0.2, 0.25) is 0 Å². The molecule has 0 aliphatic rings. The lowest BCUT2D eigenvalue weighted by Gasteiger charge is -2.17. The van der Waals surface area contributed by atoms with Crippen LogP contribution in [0.3, 0.4) is 0 Å². The number of carbonyl (C=O) groups excluding carboxylic acids is 1. The highest BCUT2D eigenvalue weighted by atomic mass is 16.5. The van der Waals surface area contributed by atoms with Crippen LogP contribution in [0.5, 0.6) is 0 Å². The second-order valence-corrected chi connectivity index (χ2v) is 5.52. The molecule has 0 bridgehead atoms. The van der Waals surface area contributed by atoms with Crippen LogP contribution >= 0.6 is 0 Å². The maximum absolute atomic E-state index is 12.1. The number of anilines is 1. The Labute approximate surface area is 138 Å². The van der Waals surface area contributed by atoms with E-state index >= 15 is 0 Å². The van der Waals surface area contributed by atoms with Crippen molar-refractivity contribution in [2.45, 2.75) is 12.5 Å². The van der Waals surface area contributed by atoms with Gasteiger partial charge in [0.25, 0.3) is 0 Å². The van der Waals surface area contributed by atoms with Crippen LogP contribution < -0.4 is 11.1 Å². The molecule has 0 saturated carbocycles. The van der Waals surface area contributed by atoms with Crippen LogP contribution in [0.2, 0.25) is 0 Å². The van der Waals surface area contributed by atoms with E-state index in [4.69, 9.17) is 9.15 Å². The predicted octanol–water partition coefficient (Wildman–Crippen LogP) is 2.33. The van der Waals surface area contributed by atoms with Crippen LogP contribution in [-0.4, -0.2) is 23.7 Å². The van der Waals surface area contributed by atoms with Gasteiger partial charge < -0.3 is 14.5 Å². The summed E-state index contributed by atoms with van der Waals surface area (Å²) >= 11 is 0. The van der Waals surface area contributed by atoms with Crippen LogP contribution in [-0.2, 0) is 23.0 Å². The average Bonchev–Trinajstić information content (AvgIpc) is 2.88. The molecule has 0 fully saturated rings. The zero-order chi connectivity index (χ0) is 17.1. The van der Waals surface area contributed by atoms with E-state index in [1.807, 2.05) is 30.3 Å². The largest absolute Gasteiger partial charge is 0.467 e. The number of nitrogens with zero attached hydrogens (tertiary/aromatic N) is 1. The molecular formula is C18H18N2O4. The van der Waals surface area contributed by atoms with Gasteiger partial charge in [0.05, 0.1) is 12.6 Å². The molecule has 6 heteroatoms. The van der Waals surface area contributed by atoms with Crippen LogP contribution in [0.1, 0.15) is 5.56 Å². The summed E-state index contributed by atoms with van der Waals surface area (Å²) < 4.78 is 11.5. The van der Waals surface area contributed by atoms with E-state index in [2.05, 4.69) is 5.32 Å². The molecule has 124 valence electrons. The highest BCUT2D eigenvalue weighted by molar-refractivity contribution is 5.82. The number of fused-ring (bicyclic) bond motifs is 1. The molecule has 0 aliphatic heterocycles. The minimum atomic E-state index is -0.537. The minimum absolute atomic E-state index is 0.353. The summed E-state index contributed by atoms with van der Waals surface area (Å²) in [5.74, 6) is -0.774. The van der Waals surface area contributed by atoms with Gasteiger partial charge in [-0.3, -0.25) is 4.57 Å². The lowest BCUT2D eigenvalue weighted by atomic mass is 10.1. The number of hydrogen-bond donors (Lipinski definition) is 1. The minimum Gasteiger partial charge on any atom is -0.467 e. The quantitative estimate of drug-likeness (QED) is 0.729. The van der Waals surface area contributed by atoms with Crippen molar-refractivity contribution in [2.75, 3.05) is 12.4 Å². The van der Waals surface area contributed by atoms with E-state index in [1.165, 1.54) is 11.7 Å². The predicted molar refractivity (Wildman–Crippen MR) is 91.0 cm³/mol. The summed E-state index contributed by atoms with van der Waals surface area (Å²) in [7, 11) is 3.01. The van der Waals surface area contributed by atoms with Gasteiger partial charge in [0.15, 0.2) is 5.58 Å². The molecule has 2 aromatic carbocycles. The molecule has 1 atom stereocenters. The van der Waals surface area contributed by atoms with Crippen molar-refractivity contribution in [1.82, 2.24) is 4.57 Å². The molecule has 1 aromatic heterocycles. The van der Waals surface area contributed by atoms with Crippen molar-refractivity contribution in [2.24, 2.45) is 7.05 Å². The fourth-order valence-electron chi connectivity index (χ4n) is 2.61. The summed E-state index contributed by atoms with van der Waals surface area (Å²) in [5.41, 5.74) is 2.87. The first kappa shape index (κ1) is 15.9. The summed E-state index contributed by atoms with van der Waals surface area (Å²) in [5, 5.41) is 3.15. The van der Waals surface area contributed by atoms with E-state index in [9.17, 15) is 9.59 Å². The van der Waals surface area contributed by atoms with Crippen molar-refractivity contribution >= 4 is 22.8 Å². The zero-order valence-corrected chi connectivity index (χ0v) is 13.5. The number of rotatable bonds is 5. The monoisotopic (exact) mass is 326 g/mol. The molecule has 0 unspecified atom stereocenters. The van der Waals surface area contributed by atoms with Crippen LogP contribution in [0.25, 0.3) is 11.1 Å². The molecule has 3 aromatic rings. The summed E-state index contributed by atoms with van der Waals surface area (Å²) in [6.07, 6.45) is 0.490. The molecule has 1 N–H and O–H groups in total. The summed E-state index contributed by atoms with van der Waals surface area (Å²) in [6, 6.07) is 14.4. The normalized spacial score (nSPS) is 12.1. The highest BCUT2D eigenvalue weighted by Gasteiger charge is 2.20. The zero-order valence-electron chi connectivity index (χ0n) is 13.5. The summed E-state index contributed by atoms with van der Waals surface area (Å²) in [6.45, 7) is 0. The standard InChI is InChI=1S/C18H18N2O4/c1-20-15-9-8-13(11-16(15)24-18(20)22)19-14(17(21)23-2)10-12-6-4-3-5-7-12/h3-9,11,14,19H,10H2,1-2H3/t14-/m0/s1. The smallest absolute Gasteiger partial charge is 0.419 e. The lowest BCUT2D eigenvalue weighted by molar-refractivity contribution is -0.141. The maximum Gasteiger partial charge on any atom is 0.419 e. The third-order valence-electron chi connectivity index (χ3n) is 3.90. The van der Waals surface area contributed by atoms with Gasteiger partial charge in [-0.2, -0.15) is 0 Å².